The Morgan fingerprint density at radius 3 is 2.71 bits per heavy atom. The van der Waals surface area contributed by atoms with Crippen molar-refractivity contribution in [1.82, 2.24) is 9.78 Å². The molecule has 1 aromatic carbocycles. The summed E-state index contributed by atoms with van der Waals surface area (Å²) in [7, 11) is 0. The Balaban J connectivity index is 2.04. The number of anilines is 1. The van der Waals surface area contributed by atoms with E-state index in [4.69, 9.17) is 33.7 Å². The largest absolute Gasteiger partial charge is 0.471 e. The first-order valence-corrected chi connectivity index (χ1v) is 5.69. The highest BCUT2D eigenvalue weighted by Crippen LogP contribution is 2.21. The van der Waals surface area contributed by atoms with E-state index in [1.54, 1.807) is 18.3 Å². The summed E-state index contributed by atoms with van der Waals surface area (Å²) in [4.78, 5) is 0. The highest BCUT2D eigenvalue weighted by Gasteiger charge is 2.03. The highest BCUT2D eigenvalue weighted by molar-refractivity contribution is 6.32. The van der Waals surface area contributed by atoms with Crippen LogP contribution in [0.15, 0.2) is 24.4 Å². The summed E-state index contributed by atoms with van der Waals surface area (Å²) in [6.07, 6.45) is 1.61. The van der Waals surface area contributed by atoms with Crippen molar-refractivity contribution in [2.45, 2.75) is 13.7 Å². The molecule has 2 N–H and O–H groups in total. The summed E-state index contributed by atoms with van der Waals surface area (Å²) in [6, 6.07) is 5.44. The predicted molar refractivity (Wildman–Crippen MR) is 68.5 cm³/mol. The fraction of sp³-hybridized carbons (Fsp3) is 0.182. The van der Waals surface area contributed by atoms with Gasteiger partial charge in [-0.15, -0.1) is 0 Å². The van der Waals surface area contributed by atoms with Gasteiger partial charge in [-0.2, -0.15) is 5.10 Å². The van der Waals surface area contributed by atoms with Crippen molar-refractivity contribution < 1.29 is 4.74 Å². The molecule has 0 unspecified atom stereocenters. The third-order valence-electron chi connectivity index (χ3n) is 2.24. The van der Waals surface area contributed by atoms with Gasteiger partial charge in [0.15, 0.2) is 12.5 Å². The highest BCUT2D eigenvalue weighted by atomic mass is 35.5. The number of nitrogen functional groups attached to an aromatic ring is 1. The Hall–Kier alpha value is -1.39. The van der Waals surface area contributed by atoms with E-state index in [0.29, 0.717) is 15.9 Å². The molecule has 0 aliphatic heterocycles. The molecule has 0 spiro atoms. The standard InChI is InChI=1S/C11H11Cl2N3O/c1-7-4-8(2-3-9(7)12)17-6-16-5-10(13)11(14)15-16/h2-5H,6H2,1H3,(H2,14,15). The number of aromatic nitrogens is 2. The van der Waals surface area contributed by atoms with Crippen LogP contribution < -0.4 is 10.5 Å². The number of nitrogens with zero attached hydrogens (tertiary/aromatic N) is 2. The maximum atomic E-state index is 5.91. The van der Waals surface area contributed by atoms with Gasteiger partial charge in [-0.25, -0.2) is 4.68 Å². The number of hydrogen-bond acceptors (Lipinski definition) is 3. The molecule has 1 aromatic heterocycles. The van der Waals surface area contributed by atoms with Crippen molar-refractivity contribution in [2.75, 3.05) is 5.73 Å². The summed E-state index contributed by atoms with van der Waals surface area (Å²) in [6.45, 7) is 2.16. The molecule has 17 heavy (non-hydrogen) atoms. The summed E-state index contributed by atoms with van der Waals surface area (Å²) in [5, 5.41) is 5.11. The lowest BCUT2D eigenvalue weighted by atomic mass is 10.2. The molecule has 1 heterocycles. The lowest BCUT2D eigenvalue weighted by molar-refractivity contribution is 0.221. The molecule has 2 aromatic rings. The van der Waals surface area contributed by atoms with Crippen LogP contribution in [0.2, 0.25) is 10.0 Å². The minimum Gasteiger partial charge on any atom is -0.471 e. The summed E-state index contributed by atoms with van der Waals surface area (Å²) >= 11 is 11.7. The van der Waals surface area contributed by atoms with Crippen molar-refractivity contribution in [3.05, 3.63) is 40.0 Å². The Morgan fingerprint density at radius 2 is 2.12 bits per heavy atom. The molecular weight excluding hydrogens is 261 g/mol. The van der Waals surface area contributed by atoms with E-state index < -0.39 is 0 Å². The Morgan fingerprint density at radius 1 is 1.35 bits per heavy atom. The molecule has 0 atom stereocenters. The molecule has 4 nitrogen and oxygen atoms in total. The zero-order valence-electron chi connectivity index (χ0n) is 9.15. The van der Waals surface area contributed by atoms with E-state index in [0.717, 1.165) is 11.3 Å². The van der Waals surface area contributed by atoms with Gasteiger partial charge in [0, 0.05) is 11.2 Å². The van der Waals surface area contributed by atoms with Crippen molar-refractivity contribution in [3.63, 3.8) is 0 Å². The van der Waals surface area contributed by atoms with E-state index in [2.05, 4.69) is 5.10 Å². The smallest absolute Gasteiger partial charge is 0.181 e. The zero-order chi connectivity index (χ0) is 12.4. The first kappa shape index (κ1) is 12.1. The minimum atomic E-state index is 0.248. The second-order valence-electron chi connectivity index (χ2n) is 3.59. The number of ether oxygens (including phenoxy) is 1. The first-order chi connectivity index (χ1) is 8.06. The third kappa shape index (κ3) is 2.84. The molecule has 0 aliphatic carbocycles. The van der Waals surface area contributed by atoms with Gasteiger partial charge in [-0.3, -0.25) is 0 Å². The average molecular weight is 272 g/mol. The van der Waals surface area contributed by atoms with Gasteiger partial charge in [0.05, 0.1) is 0 Å². The van der Waals surface area contributed by atoms with E-state index >= 15 is 0 Å². The number of benzene rings is 1. The molecular formula is C11H11Cl2N3O. The molecule has 0 amide bonds. The molecule has 0 aliphatic rings. The monoisotopic (exact) mass is 271 g/mol. The van der Waals surface area contributed by atoms with Crippen LogP contribution in [0.4, 0.5) is 5.82 Å². The van der Waals surface area contributed by atoms with Crippen molar-refractivity contribution >= 4 is 29.0 Å². The molecule has 0 saturated heterocycles. The fourth-order valence-electron chi connectivity index (χ4n) is 1.33. The van der Waals surface area contributed by atoms with Gasteiger partial charge in [-0.1, -0.05) is 23.2 Å². The van der Waals surface area contributed by atoms with Crippen molar-refractivity contribution in [1.29, 1.82) is 0 Å². The average Bonchev–Trinajstić information content (AvgIpc) is 2.60. The van der Waals surface area contributed by atoms with Crippen molar-refractivity contribution in [3.8, 4) is 5.75 Å². The van der Waals surface area contributed by atoms with Crippen LogP contribution in [0.25, 0.3) is 0 Å². The number of halogens is 2. The van der Waals surface area contributed by atoms with Crippen LogP contribution >= 0.6 is 23.2 Å². The Bertz CT molecular complexity index is 520. The molecule has 90 valence electrons. The maximum absolute atomic E-state index is 5.91. The predicted octanol–water partition coefficient (Wildman–Crippen LogP) is 3.12. The molecule has 0 saturated carbocycles. The van der Waals surface area contributed by atoms with Crippen LogP contribution in [-0.4, -0.2) is 9.78 Å². The molecule has 0 fully saturated rings. The summed E-state index contributed by atoms with van der Waals surface area (Å²) in [5.41, 5.74) is 6.48. The molecule has 0 radical (unpaired) electrons. The van der Waals surface area contributed by atoms with Crippen molar-refractivity contribution in [2.24, 2.45) is 0 Å². The van der Waals surface area contributed by atoms with Crippen LogP contribution in [-0.2, 0) is 6.73 Å². The SMILES string of the molecule is Cc1cc(OCn2cc(Cl)c(N)n2)ccc1Cl. The maximum Gasteiger partial charge on any atom is 0.181 e. The van der Waals surface area contributed by atoms with E-state index in [1.165, 1.54) is 4.68 Å². The van der Waals surface area contributed by atoms with Gasteiger partial charge in [0.1, 0.15) is 10.8 Å². The second-order valence-corrected chi connectivity index (χ2v) is 4.40. The zero-order valence-corrected chi connectivity index (χ0v) is 10.7. The molecule has 6 heteroatoms. The lowest BCUT2D eigenvalue weighted by Crippen LogP contribution is -2.06. The van der Waals surface area contributed by atoms with Gasteiger partial charge >= 0.3 is 0 Å². The fourth-order valence-corrected chi connectivity index (χ4v) is 1.59. The normalized spacial score (nSPS) is 10.5. The summed E-state index contributed by atoms with van der Waals surface area (Å²) < 4.78 is 7.05. The number of rotatable bonds is 3. The summed E-state index contributed by atoms with van der Waals surface area (Å²) in [5.74, 6) is 1.01. The molecule has 2 rings (SSSR count). The van der Waals surface area contributed by atoms with Gasteiger partial charge in [0.25, 0.3) is 0 Å². The number of nitrogens with two attached hydrogens (primary N) is 1. The number of hydrogen-bond donors (Lipinski definition) is 1. The minimum absolute atomic E-state index is 0.248. The van der Waals surface area contributed by atoms with Crippen LogP contribution in [0, 0.1) is 6.92 Å². The van der Waals surface area contributed by atoms with Crippen LogP contribution in [0.5, 0.6) is 5.75 Å². The van der Waals surface area contributed by atoms with Crippen LogP contribution in [0.3, 0.4) is 0 Å². The molecule has 0 bridgehead atoms. The van der Waals surface area contributed by atoms with E-state index in [9.17, 15) is 0 Å². The topological polar surface area (TPSA) is 53.1 Å². The lowest BCUT2D eigenvalue weighted by Gasteiger charge is -2.07. The van der Waals surface area contributed by atoms with Crippen LogP contribution in [0.1, 0.15) is 5.56 Å². The Kier molecular flexibility index (Phi) is 3.45. The number of aryl methyl sites for hydroxylation is 1. The van der Waals surface area contributed by atoms with E-state index in [1.807, 2.05) is 13.0 Å². The third-order valence-corrected chi connectivity index (χ3v) is 2.95. The van der Waals surface area contributed by atoms with Gasteiger partial charge in [0.2, 0.25) is 0 Å². The van der Waals surface area contributed by atoms with Gasteiger partial charge < -0.3 is 10.5 Å². The van der Waals surface area contributed by atoms with Gasteiger partial charge in [-0.05, 0) is 30.7 Å². The second kappa shape index (κ2) is 4.85. The quantitative estimate of drug-likeness (QED) is 0.933. The van der Waals surface area contributed by atoms with E-state index in [-0.39, 0.29) is 6.73 Å². The first-order valence-electron chi connectivity index (χ1n) is 4.93. The Labute approximate surface area is 109 Å².